The monoisotopic (exact) mass is 188 g/mol. The number of nitrogens with one attached hydrogen (secondary N) is 1. The molecule has 0 aliphatic carbocycles. The summed E-state index contributed by atoms with van der Waals surface area (Å²) in [5.41, 5.74) is 2.02. The number of aromatic amines is 1. The lowest BCUT2D eigenvalue weighted by Gasteiger charge is -1.91. The molecule has 0 aliphatic rings. The van der Waals surface area contributed by atoms with Gasteiger partial charge in [-0.3, -0.25) is 5.10 Å². The Bertz CT molecular complexity index is 476. The van der Waals surface area contributed by atoms with Crippen LogP contribution in [0.5, 0.6) is 0 Å². The molecule has 13 heavy (non-hydrogen) atoms. The highest BCUT2D eigenvalue weighted by Crippen LogP contribution is 2.14. The van der Waals surface area contributed by atoms with Gasteiger partial charge in [-0.25, -0.2) is 0 Å². The second-order valence-corrected chi connectivity index (χ2v) is 2.91. The fourth-order valence-corrected chi connectivity index (χ4v) is 1.29. The van der Waals surface area contributed by atoms with Crippen molar-refractivity contribution in [2.45, 2.75) is 0 Å². The lowest BCUT2D eigenvalue weighted by molar-refractivity contribution is 1.12. The first-order valence-electron chi connectivity index (χ1n) is 3.93. The van der Waals surface area contributed by atoms with Crippen molar-refractivity contribution in [2.75, 3.05) is 5.75 Å². The zero-order valence-corrected chi connectivity index (χ0v) is 7.81. The van der Waals surface area contributed by atoms with Crippen LogP contribution in [0.3, 0.4) is 0 Å². The van der Waals surface area contributed by atoms with Gasteiger partial charge in [0.1, 0.15) is 0 Å². The Labute approximate surface area is 81.8 Å². The highest BCUT2D eigenvalue weighted by atomic mass is 32.1. The van der Waals surface area contributed by atoms with Gasteiger partial charge in [0.05, 0.1) is 17.5 Å². The Morgan fingerprint density at radius 3 is 3.23 bits per heavy atom. The van der Waals surface area contributed by atoms with Crippen molar-refractivity contribution in [2.24, 2.45) is 0 Å². The van der Waals surface area contributed by atoms with E-state index < -0.39 is 0 Å². The fourth-order valence-electron chi connectivity index (χ4n) is 1.21. The van der Waals surface area contributed by atoms with E-state index >= 15 is 0 Å². The average molecular weight is 188 g/mol. The maximum absolute atomic E-state index is 4.03. The molecule has 0 saturated heterocycles. The molecule has 0 atom stereocenters. The van der Waals surface area contributed by atoms with Crippen LogP contribution in [-0.4, -0.2) is 16.0 Å². The lowest BCUT2D eigenvalue weighted by atomic mass is 10.1. The van der Waals surface area contributed by atoms with Crippen molar-refractivity contribution >= 4 is 23.5 Å². The van der Waals surface area contributed by atoms with Gasteiger partial charge in [-0.2, -0.15) is 17.7 Å². The van der Waals surface area contributed by atoms with Crippen LogP contribution in [0, 0.1) is 11.8 Å². The van der Waals surface area contributed by atoms with E-state index in [0.29, 0.717) is 5.75 Å². The predicted molar refractivity (Wildman–Crippen MR) is 56.8 cm³/mol. The van der Waals surface area contributed by atoms with Crippen LogP contribution in [0.15, 0.2) is 24.4 Å². The van der Waals surface area contributed by atoms with Crippen molar-refractivity contribution in [1.82, 2.24) is 10.2 Å². The SMILES string of the molecule is SCC#Cc1cccc2[nH]ncc12. The molecule has 0 unspecified atom stereocenters. The van der Waals surface area contributed by atoms with Crippen LogP contribution in [-0.2, 0) is 0 Å². The molecule has 0 amide bonds. The number of hydrogen-bond acceptors (Lipinski definition) is 2. The summed E-state index contributed by atoms with van der Waals surface area (Å²) in [6.45, 7) is 0. The molecule has 3 heteroatoms. The lowest BCUT2D eigenvalue weighted by Crippen LogP contribution is -1.75. The van der Waals surface area contributed by atoms with Crippen LogP contribution in [0.2, 0.25) is 0 Å². The number of hydrogen-bond donors (Lipinski definition) is 2. The summed E-state index contributed by atoms with van der Waals surface area (Å²) in [4.78, 5) is 0. The van der Waals surface area contributed by atoms with Gasteiger partial charge in [-0.1, -0.05) is 17.9 Å². The first-order valence-corrected chi connectivity index (χ1v) is 4.57. The summed E-state index contributed by atoms with van der Waals surface area (Å²) in [7, 11) is 0. The van der Waals surface area contributed by atoms with E-state index in [4.69, 9.17) is 0 Å². The third-order valence-electron chi connectivity index (χ3n) is 1.79. The Hall–Kier alpha value is -1.40. The molecule has 1 aromatic carbocycles. The van der Waals surface area contributed by atoms with Gasteiger partial charge >= 0.3 is 0 Å². The van der Waals surface area contributed by atoms with Crippen molar-refractivity contribution in [3.63, 3.8) is 0 Å². The van der Waals surface area contributed by atoms with Gasteiger partial charge in [0.15, 0.2) is 0 Å². The summed E-state index contributed by atoms with van der Waals surface area (Å²) in [6.07, 6.45) is 1.79. The minimum Gasteiger partial charge on any atom is -0.278 e. The third-order valence-corrected chi connectivity index (χ3v) is 1.95. The molecule has 1 N–H and O–H groups in total. The van der Waals surface area contributed by atoms with Gasteiger partial charge in [-0.05, 0) is 12.1 Å². The maximum Gasteiger partial charge on any atom is 0.0662 e. The van der Waals surface area contributed by atoms with Crippen LogP contribution in [0.25, 0.3) is 10.9 Å². The number of H-pyrrole nitrogens is 1. The molecule has 2 aromatic rings. The Kier molecular flexibility index (Phi) is 2.24. The Morgan fingerprint density at radius 1 is 1.46 bits per heavy atom. The molecule has 0 saturated carbocycles. The summed E-state index contributed by atoms with van der Waals surface area (Å²) in [6, 6.07) is 5.92. The molecule has 0 aliphatic heterocycles. The molecule has 0 spiro atoms. The highest BCUT2D eigenvalue weighted by molar-refractivity contribution is 7.80. The third kappa shape index (κ3) is 1.53. The van der Waals surface area contributed by atoms with E-state index in [1.807, 2.05) is 18.2 Å². The van der Waals surface area contributed by atoms with Crippen molar-refractivity contribution < 1.29 is 0 Å². The number of thiol groups is 1. The quantitative estimate of drug-likeness (QED) is 0.479. The minimum absolute atomic E-state index is 0.578. The topological polar surface area (TPSA) is 28.7 Å². The number of benzene rings is 1. The molecule has 1 heterocycles. The van der Waals surface area contributed by atoms with E-state index in [1.54, 1.807) is 6.20 Å². The molecule has 0 fully saturated rings. The van der Waals surface area contributed by atoms with Crippen LogP contribution in [0.1, 0.15) is 5.56 Å². The normalized spacial score (nSPS) is 9.62. The molecular weight excluding hydrogens is 180 g/mol. The van der Waals surface area contributed by atoms with Crippen LogP contribution < -0.4 is 0 Å². The average Bonchev–Trinajstić information content (AvgIpc) is 2.62. The van der Waals surface area contributed by atoms with E-state index in [2.05, 4.69) is 34.7 Å². The van der Waals surface area contributed by atoms with Crippen molar-refractivity contribution in [3.05, 3.63) is 30.0 Å². The summed E-state index contributed by atoms with van der Waals surface area (Å²) >= 11 is 4.03. The minimum atomic E-state index is 0.578. The second kappa shape index (κ2) is 3.55. The van der Waals surface area contributed by atoms with Crippen LogP contribution in [0.4, 0.5) is 0 Å². The zero-order chi connectivity index (χ0) is 9.10. The molecule has 64 valence electrons. The zero-order valence-electron chi connectivity index (χ0n) is 6.91. The van der Waals surface area contributed by atoms with Crippen molar-refractivity contribution in [3.8, 4) is 11.8 Å². The number of fused-ring (bicyclic) bond motifs is 1. The van der Waals surface area contributed by atoms with Crippen molar-refractivity contribution in [1.29, 1.82) is 0 Å². The molecule has 1 aromatic heterocycles. The summed E-state index contributed by atoms with van der Waals surface area (Å²) in [5.74, 6) is 6.53. The summed E-state index contributed by atoms with van der Waals surface area (Å²) < 4.78 is 0. The Balaban J connectivity index is 2.61. The largest absolute Gasteiger partial charge is 0.278 e. The van der Waals surface area contributed by atoms with Gasteiger partial charge in [0.2, 0.25) is 0 Å². The standard InChI is InChI=1S/C10H8N2S/c13-6-2-4-8-3-1-5-10-9(8)7-11-12-10/h1,3,5,7,13H,6H2,(H,11,12). The summed E-state index contributed by atoms with van der Waals surface area (Å²) in [5, 5.41) is 7.92. The van der Waals surface area contributed by atoms with E-state index in [1.165, 1.54) is 0 Å². The van der Waals surface area contributed by atoms with E-state index in [-0.39, 0.29) is 0 Å². The fraction of sp³-hybridized carbons (Fsp3) is 0.100. The van der Waals surface area contributed by atoms with E-state index in [9.17, 15) is 0 Å². The molecule has 0 radical (unpaired) electrons. The molecule has 2 nitrogen and oxygen atoms in total. The molecule has 0 bridgehead atoms. The maximum atomic E-state index is 4.03. The smallest absolute Gasteiger partial charge is 0.0662 e. The Morgan fingerprint density at radius 2 is 2.38 bits per heavy atom. The molecular formula is C10H8N2S. The number of aromatic nitrogens is 2. The van der Waals surface area contributed by atoms with Gasteiger partial charge in [0, 0.05) is 10.9 Å². The number of rotatable bonds is 0. The highest BCUT2D eigenvalue weighted by Gasteiger charge is 1.97. The number of nitrogens with zero attached hydrogens (tertiary/aromatic N) is 1. The van der Waals surface area contributed by atoms with Crippen LogP contribution >= 0.6 is 12.6 Å². The van der Waals surface area contributed by atoms with Gasteiger partial charge < -0.3 is 0 Å². The van der Waals surface area contributed by atoms with Gasteiger partial charge in [0.25, 0.3) is 0 Å². The second-order valence-electron chi connectivity index (χ2n) is 2.60. The first kappa shape index (κ1) is 8.21. The molecule has 2 rings (SSSR count). The van der Waals surface area contributed by atoms with E-state index in [0.717, 1.165) is 16.5 Å². The predicted octanol–water partition coefficient (Wildman–Crippen LogP) is 1.84. The van der Waals surface area contributed by atoms with Gasteiger partial charge in [-0.15, -0.1) is 0 Å². The first-order chi connectivity index (χ1) is 6.42.